The van der Waals surface area contributed by atoms with Gasteiger partial charge < -0.3 is 4.84 Å². The van der Waals surface area contributed by atoms with Crippen molar-refractivity contribution < 1.29 is 32.4 Å². The van der Waals surface area contributed by atoms with Gasteiger partial charge in [-0.25, -0.2) is 14.8 Å². The van der Waals surface area contributed by atoms with Crippen LogP contribution in [0.25, 0.3) is 0 Å². The Morgan fingerprint density at radius 3 is 2.34 bits per heavy atom. The molecule has 0 saturated heterocycles. The molecule has 4 rings (SSSR count). The maximum Gasteiger partial charge on any atom is 0.433 e. The molecule has 0 spiro atoms. The summed E-state index contributed by atoms with van der Waals surface area (Å²) in [5.74, 6) is -3.48. The summed E-state index contributed by atoms with van der Waals surface area (Å²) in [7, 11) is 0. The van der Waals surface area contributed by atoms with E-state index < -0.39 is 35.6 Å². The van der Waals surface area contributed by atoms with Crippen LogP contribution in [0.1, 0.15) is 49.9 Å². The highest BCUT2D eigenvalue weighted by molar-refractivity contribution is 6.20. The number of hydroxylamine groups is 2. The molecule has 0 bridgehead atoms. The van der Waals surface area contributed by atoms with Crippen molar-refractivity contribution in [2.24, 2.45) is 5.92 Å². The van der Waals surface area contributed by atoms with Crippen molar-refractivity contribution in [2.45, 2.75) is 32.4 Å². The number of aromatic nitrogens is 2. The van der Waals surface area contributed by atoms with Crippen LogP contribution in [0.2, 0.25) is 0 Å². The molecule has 1 atom stereocenters. The standard InChI is InChI=1S/C19H14F3N3O4/c1-9-23-14-7-6-10(8-13(14)15(24-9)19(20,21)22)18(28)29-25-16(26)11-4-2-3-5-12(11)17(25)27/h2-5,10H,6-8H2,1H3. The van der Waals surface area contributed by atoms with Crippen LogP contribution >= 0.6 is 0 Å². The number of hydrogen-bond donors (Lipinski definition) is 0. The molecule has 1 unspecified atom stereocenters. The molecule has 2 aromatic rings. The minimum Gasteiger partial charge on any atom is -0.329 e. The third kappa shape index (κ3) is 3.24. The fraction of sp³-hybridized carbons (Fsp3) is 0.316. The number of imide groups is 1. The molecular weight excluding hydrogens is 391 g/mol. The van der Waals surface area contributed by atoms with Crippen LogP contribution in [0.3, 0.4) is 0 Å². The van der Waals surface area contributed by atoms with Gasteiger partial charge in [0.15, 0.2) is 5.69 Å². The highest BCUT2D eigenvalue weighted by Crippen LogP contribution is 2.36. The first-order chi connectivity index (χ1) is 13.7. The molecule has 0 saturated carbocycles. The summed E-state index contributed by atoms with van der Waals surface area (Å²) in [5.41, 5.74) is -0.781. The Morgan fingerprint density at radius 1 is 1.14 bits per heavy atom. The van der Waals surface area contributed by atoms with Gasteiger partial charge in [0.1, 0.15) is 5.82 Å². The lowest BCUT2D eigenvalue weighted by Crippen LogP contribution is -2.37. The summed E-state index contributed by atoms with van der Waals surface area (Å²) in [4.78, 5) is 49.7. The zero-order chi connectivity index (χ0) is 20.9. The second-order valence-electron chi connectivity index (χ2n) is 6.84. The first kappa shape index (κ1) is 19.0. The van der Waals surface area contributed by atoms with Crippen molar-refractivity contribution in [3.8, 4) is 0 Å². The molecule has 1 aliphatic heterocycles. The van der Waals surface area contributed by atoms with E-state index >= 15 is 0 Å². The minimum atomic E-state index is -4.69. The fourth-order valence-electron chi connectivity index (χ4n) is 3.58. The number of rotatable bonds is 2. The van der Waals surface area contributed by atoms with Crippen LogP contribution in [0.4, 0.5) is 13.2 Å². The van der Waals surface area contributed by atoms with E-state index in [1.807, 2.05) is 0 Å². The van der Waals surface area contributed by atoms with E-state index in [1.165, 1.54) is 19.1 Å². The molecule has 1 aromatic heterocycles. The molecule has 10 heteroatoms. The quantitative estimate of drug-likeness (QED) is 0.714. The number of hydrogen-bond acceptors (Lipinski definition) is 6. The number of amides is 2. The topological polar surface area (TPSA) is 89.5 Å². The molecule has 2 amide bonds. The molecule has 1 aliphatic carbocycles. The fourth-order valence-corrected chi connectivity index (χ4v) is 3.58. The largest absolute Gasteiger partial charge is 0.433 e. The summed E-state index contributed by atoms with van der Waals surface area (Å²) >= 11 is 0. The van der Waals surface area contributed by atoms with Crippen LogP contribution in [0.5, 0.6) is 0 Å². The SMILES string of the molecule is Cc1nc2c(c(C(F)(F)F)n1)CC(C(=O)ON1C(=O)c3ccccc3C1=O)CC2. The average molecular weight is 405 g/mol. The van der Waals surface area contributed by atoms with Gasteiger partial charge in [0, 0.05) is 11.3 Å². The molecule has 2 aliphatic rings. The normalized spacial score (nSPS) is 18.5. The highest BCUT2D eigenvalue weighted by Gasteiger charge is 2.43. The van der Waals surface area contributed by atoms with E-state index in [2.05, 4.69) is 9.97 Å². The van der Waals surface area contributed by atoms with Crippen molar-refractivity contribution in [2.75, 3.05) is 0 Å². The lowest BCUT2D eigenvalue weighted by atomic mass is 9.85. The van der Waals surface area contributed by atoms with Crippen LogP contribution in [0.15, 0.2) is 24.3 Å². The van der Waals surface area contributed by atoms with Crippen molar-refractivity contribution in [3.63, 3.8) is 0 Å². The van der Waals surface area contributed by atoms with Gasteiger partial charge in [-0.15, -0.1) is 0 Å². The number of fused-ring (bicyclic) bond motifs is 2. The molecule has 2 heterocycles. The minimum absolute atomic E-state index is 0.00289. The summed E-state index contributed by atoms with van der Waals surface area (Å²) in [6.07, 6.45) is -4.66. The van der Waals surface area contributed by atoms with E-state index in [-0.39, 0.29) is 47.5 Å². The number of nitrogens with zero attached hydrogens (tertiary/aromatic N) is 3. The van der Waals surface area contributed by atoms with E-state index in [0.717, 1.165) is 0 Å². The number of aryl methyl sites for hydroxylation is 2. The Bertz CT molecular complexity index is 1020. The Kier molecular flexibility index (Phi) is 4.36. The van der Waals surface area contributed by atoms with Gasteiger partial charge in [-0.1, -0.05) is 17.2 Å². The molecule has 0 N–H and O–H groups in total. The second kappa shape index (κ2) is 6.64. The van der Waals surface area contributed by atoms with E-state index in [0.29, 0.717) is 5.06 Å². The van der Waals surface area contributed by atoms with Crippen molar-refractivity contribution in [1.82, 2.24) is 15.0 Å². The van der Waals surface area contributed by atoms with Crippen LogP contribution in [0, 0.1) is 12.8 Å². The zero-order valence-corrected chi connectivity index (χ0v) is 15.1. The summed E-state index contributed by atoms with van der Waals surface area (Å²) in [6, 6.07) is 5.98. The number of carbonyl (C=O) groups is 3. The molecule has 0 fully saturated rings. The van der Waals surface area contributed by atoms with Gasteiger partial charge in [-0.3, -0.25) is 9.59 Å². The monoisotopic (exact) mass is 405 g/mol. The first-order valence-corrected chi connectivity index (χ1v) is 8.80. The Labute approximate surface area is 162 Å². The van der Waals surface area contributed by atoms with Crippen LogP contribution in [-0.2, 0) is 28.7 Å². The predicted octanol–water partition coefficient (Wildman–Crippen LogP) is 2.66. The molecular formula is C19H14F3N3O4. The van der Waals surface area contributed by atoms with Gasteiger partial charge in [-0.2, -0.15) is 13.2 Å². The van der Waals surface area contributed by atoms with Gasteiger partial charge in [-0.05, 0) is 38.3 Å². The third-order valence-corrected chi connectivity index (χ3v) is 4.92. The van der Waals surface area contributed by atoms with Crippen molar-refractivity contribution in [3.05, 3.63) is 58.2 Å². The summed E-state index contributed by atoms with van der Waals surface area (Å²) in [5, 5.41) is 0.360. The molecule has 0 radical (unpaired) electrons. The molecule has 7 nitrogen and oxygen atoms in total. The summed E-state index contributed by atoms with van der Waals surface area (Å²) in [6.45, 7) is 1.37. The number of benzene rings is 1. The summed E-state index contributed by atoms with van der Waals surface area (Å²) < 4.78 is 40.1. The van der Waals surface area contributed by atoms with Crippen molar-refractivity contribution >= 4 is 17.8 Å². The third-order valence-electron chi connectivity index (χ3n) is 4.92. The van der Waals surface area contributed by atoms with E-state index in [4.69, 9.17) is 4.84 Å². The predicted molar refractivity (Wildman–Crippen MR) is 90.3 cm³/mol. The van der Waals surface area contributed by atoms with Gasteiger partial charge in [0.2, 0.25) is 0 Å². The second-order valence-corrected chi connectivity index (χ2v) is 6.84. The smallest absolute Gasteiger partial charge is 0.329 e. The van der Waals surface area contributed by atoms with E-state index in [1.54, 1.807) is 12.1 Å². The van der Waals surface area contributed by atoms with Gasteiger partial charge >= 0.3 is 12.1 Å². The number of halogens is 3. The Balaban J connectivity index is 1.56. The van der Waals surface area contributed by atoms with Gasteiger partial charge in [0.05, 0.1) is 17.0 Å². The van der Waals surface area contributed by atoms with Crippen molar-refractivity contribution in [1.29, 1.82) is 0 Å². The number of alkyl halides is 3. The average Bonchev–Trinajstić information content (AvgIpc) is 2.91. The van der Waals surface area contributed by atoms with Crippen LogP contribution < -0.4 is 0 Å². The lowest BCUT2D eigenvalue weighted by molar-refractivity contribution is -0.174. The lowest BCUT2D eigenvalue weighted by Gasteiger charge is -2.26. The maximum absolute atomic E-state index is 13.4. The molecule has 29 heavy (non-hydrogen) atoms. The molecule has 1 aromatic carbocycles. The Morgan fingerprint density at radius 2 is 1.76 bits per heavy atom. The maximum atomic E-state index is 13.4. The zero-order valence-electron chi connectivity index (χ0n) is 15.1. The highest BCUT2D eigenvalue weighted by atomic mass is 19.4. The van der Waals surface area contributed by atoms with Gasteiger partial charge in [0.25, 0.3) is 11.8 Å². The van der Waals surface area contributed by atoms with E-state index in [9.17, 15) is 27.6 Å². The Hall–Kier alpha value is -3.30. The first-order valence-electron chi connectivity index (χ1n) is 8.80. The molecule has 150 valence electrons. The van der Waals surface area contributed by atoms with Crippen LogP contribution in [-0.4, -0.2) is 32.8 Å². The number of carbonyl (C=O) groups excluding carboxylic acids is 3.